The molecule has 0 bridgehead atoms. The molecule has 1 N–H and O–H groups in total. The van der Waals surface area contributed by atoms with Crippen LogP contribution in [0.3, 0.4) is 0 Å². The molecule has 1 aliphatic rings. The second-order valence-electron chi connectivity index (χ2n) is 3.53. The van der Waals surface area contributed by atoms with Crippen molar-refractivity contribution in [1.82, 2.24) is 9.78 Å². The van der Waals surface area contributed by atoms with E-state index < -0.39 is 11.1 Å². The van der Waals surface area contributed by atoms with Crippen LogP contribution in [0, 0.1) is 0 Å². The molecule has 0 amide bonds. The fourth-order valence-electron chi connectivity index (χ4n) is 1.76. The summed E-state index contributed by atoms with van der Waals surface area (Å²) in [4.78, 5) is 0. The Morgan fingerprint density at radius 3 is 3.00 bits per heavy atom. The Morgan fingerprint density at radius 1 is 1.71 bits per heavy atom. The normalized spacial score (nSPS) is 21.6. The van der Waals surface area contributed by atoms with Crippen LogP contribution in [0.25, 0.3) is 0 Å². The monoisotopic (exact) mass is 254 g/mol. The zero-order valence-electron chi connectivity index (χ0n) is 11.0. The number of aromatic nitrogens is 2. The maximum atomic E-state index is 11.2. The molecule has 6 nitrogen and oxygen atoms in total. The van der Waals surface area contributed by atoms with Crippen LogP contribution in [-0.4, -0.2) is 32.3 Å². The van der Waals surface area contributed by atoms with Gasteiger partial charge in [0.05, 0.1) is 13.3 Å². The van der Waals surface area contributed by atoms with E-state index in [9.17, 15) is 8.76 Å². The van der Waals surface area contributed by atoms with E-state index in [1.165, 1.54) is 18.0 Å². The fourth-order valence-corrected chi connectivity index (χ4v) is 2.40. The minimum atomic E-state index is -2.13. The molecule has 1 saturated heterocycles. The number of ether oxygens (including phenoxy) is 2. The van der Waals surface area contributed by atoms with Gasteiger partial charge in [0.2, 0.25) is 11.1 Å². The summed E-state index contributed by atoms with van der Waals surface area (Å²) in [6, 6.07) is 0. The summed E-state index contributed by atoms with van der Waals surface area (Å²) in [5, 5.41) is 4.21. The molecule has 8 heteroatoms. The fraction of sp³-hybridized carbons (Fsp3) is 0.667. The van der Waals surface area contributed by atoms with Gasteiger partial charge in [0.25, 0.3) is 0 Å². The van der Waals surface area contributed by atoms with E-state index in [2.05, 4.69) is 5.10 Å². The zero-order valence-corrected chi connectivity index (χ0v) is 10.8. The third-order valence-electron chi connectivity index (χ3n) is 2.53. The summed E-state index contributed by atoms with van der Waals surface area (Å²) >= 11 is -2.13. The molecule has 0 aliphatic carbocycles. The average molecular weight is 254 g/mol. The van der Waals surface area contributed by atoms with Crippen LogP contribution in [0.1, 0.15) is 26.9 Å². The third-order valence-corrected chi connectivity index (χ3v) is 3.25. The Morgan fingerprint density at radius 2 is 2.47 bits per heavy atom. The van der Waals surface area contributed by atoms with Crippen LogP contribution in [-0.2, 0) is 15.8 Å². The van der Waals surface area contributed by atoms with Crippen molar-refractivity contribution in [1.29, 1.82) is 0 Å². The van der Waals surface area contributed by atoms with Crippen molar-refractivity contribution in [2.24, 2.45) is 0 Å². The number of nitrogens with zero attached hydrogens (tertiary/aromatic N) is 2. The molecule has 1 aromatic rings. The number of hydrogen-bond acceptors (Lipinski definition) is 4. The van der Waals surface area contributed by atoms with Gasteiger partial charge in [-0.3, -0.25) is 0 Å². The molecule has 2 heterocycles. The predicted molar refractivity (Wildman–Crippen MR) is 57.8 cm³/mol. The maximum Gasteiger partial charge on any atom is 1.00 e. The van der Waals surface area contributed by atoms with Gasteiger partial charge in [-0.25, -0.2) is 8.89 Å². The van der Waals surface area contributed by atoms with Crippen LogP contribution < -0.4 is 23.6 Å². The first kappa shape index (κ1) is 14.7. The van der Waals surface area contributed by atoms with Gasteiger partial charge < -0.3 is 15.5 Å². The summed E-state index contributed by atoms with van der Waals surface area (Å²) in [5.41, 5.74) is 0. The number of hydrogen-bond donors (Lipinski definition) is 1. The quantitative estimate of drug-likeness (QED) is 0.513. The molecule has 92 valence electrons. The van der Waals surface area contributed by atoms with Crippen molar-refractivity contribution in [3.05, 3.63) is 6.20 Å². The van der Waals surface area contributed by atoms with Crippen molar-refractivity contribution in [3.63, 3.8) is 0 Å². The van der Waals surface area contributed by atoms with Crippen LogP contribution in [0.2, 0.25) is 0 Å². The SMILES string of the molecule is COc1cnn(C2CCCCO2)c1S(=O)O.[H-].[Li+]. The first-order valence-electron chi connectivity index (χ1n) is 5.08. The molecular formula is C9H15LiN2O4S. The zero-order chi connectivity index (χ0) is 11.5. The van der Waals surface area contributed by atoms with Gasteiger partial charge in [0, 0.05) is 6.61 Å². The molecule has 0 radical (unpaired) electrons. The minimum absolute atomic E-state index is 0. The van der Waals surface area contributed by atoms with Crippen molar-refractivity contribution in [2.45, 2.75) is 30.5 Å². The Labute approximate surface area is 116 Å². The second kappa shape index (κ2) is 6.57. The number of methoxy groups -OCH3 is 1. The predicted octanol–water partition coefficient (Wildman–Crippen LogP) is -1.71. The van der Waals surface area contributed by atoms with Gasteiger partial charge in [-0.05, 0) is 19.3 Å². The molecule has 2 rings (SSSR count). The van der Waals surface area contributed by atoms with Gasteiger partial charge in [-0.2, -0.15) is 5.10 Å². The smallest absolute Gasteiger partial charge is 1.00 e. The van der Waals surface area contributed by atoms with E-state index in [4.69, 9.17) is 9.47 Å². The molecule has 0 saturated carbocycles. The molecule has 1 fully saturated rings. The second-order valence-corrected chi connectivity index (χ2v) is 4.42. The van der Waals surface area contributed by atoms with Crippen LogP contribution in [0.15, 0.2) is 11.2 Å². The molecule has 1 aliphatic heterocycles. The van der Waals surface area contributed by atoms with Crippen molar-refractivity contribution < 1.29 is 38.5 Å². The van der Waals surface area contributed by atoms with Gasteiger partial charge in [0.15, 0.2) is 17.0 Å². The minimum Gasteiger partial charge on any atom is -1.00 e. The van der Waals surface area contributed by atoms with Crippen molar-refractivity contribution in [2.75, 3.05) is 13.7 Å². The topological polar surface area (TPSA) is 73.6 Å². The van der Waals surface area contributed by atoms with Crippen molar-refractivity contribution >= 4 is 11.1 Å². The van der Waals surface area contributed by atoms with Crippen molar-refractivity contribution in [3.8, 4) is 5.75 Å². The van der Waals surface area contributed by atoms with E-state index in [0.29, 0.717) is 12.4 Å². The van der Waals surface area contributed by atoms with Crippen LogP contribution >= 0.6 is 0 Å². The Balaban J connectivity index is 0.00000144. The van der Waals surface area contributed by atoms with Crippen LogP contribution in [0.4, 0.5) is 0 Å². The van der Waals surface area contributed by atoms with E-state index >= 15 is 0 Å². The first-order chi connectivity index (χ1) is 7.74. The molecule has 2 atom stereocenters. The van der Waals surface area contributed by atoms with Crippen LogP contribution in [0.5, 0.6) is 5.75 Å². The molecular weight excluding hydrogens is 239 g/mol. The van der Waals surface area contributed by atoms with E-state index in [-0.39, 0.29) is 31.5 Å². The number of rotatable bonds is 3. The average Bonchev–Trinajstić information content (AvgIpc) is 2.73. The van der Waals surface area contributed by atoms with E-state index in [1.807, 2.05) is 0 Å². The Bertz CT molecular complexity index is 398. The third kappa shape index (κ3) is 3.12. The molecule has 0 aromatic carbocycles. The molecule has 2 unspecified atom stereocenters. The van der Waals surface area contributed by atoms with Gasteiger partial charge in [-0.1, -0.05) is 0 Å². The van der Waals surface area contributed by atoms with E-state index in [1.54, 1.807) is 0 Å². The Hall–Kier alpha value is -0.323. The summed E-state index contributed by atoms with van der Waals surface area (Å²) in [7, 11) is 1.44. The van der Waals surface area contributed by atoms with Gasteiger partial charge >= 0.3 is 18.9 Å². The summed E-state index contributed by atoms with van der Waals surface area (Å²) in [6.45, 7) is 0.657. The largest absolute Gasteiger partial charge is 1.00 e. The molecule has 17 heavy (non-hydrogen) atoms. The van der Waals surface area contributed by atoms with Gasteiger partial charge in [0.1, 0.15) is 0 Å². The van der Waals surface area contributed by atoms with E-state index in [0.717, 1.165) is 19.3 Å². The molecule has 1 aromatic heterocycles. The summed E-state index contributed by atoms with van der Waals surface area (Å²) in [5.74, 6) is 0.315. The Kier molecular flexibility index (Phi) is 5.69. The molecule has 0 spiro atoms. The maximum absolute atomic E-state index is 11.2. The standard InChI is InChI=1S/C9H14N2O4S.Li.H/c1-14-7-6-10-11(9(7)16(12)13)8-4-2-3-5-15-8;;/h6,8H,2-5H2,1H3,(H,12,13);;/q;+1;-1. The van der Waals surface area contributed by atoms with Gasteiger partial charge in [-0.15, -0.1) is 0 Å². The summed E-state index contributed by atoms with van der Waals surface area (Å²) in [6.07, 6.45) is 4.02. The summed E-state index contributed by atoms with van der Waals surface area (Å²) < 4.78 is 32.4. The first-order valence-corrected chi connectivity index (χ1v) is 6.18.